The Bertz CT molecular complexity index is 610. The highest BCUT2D eigenvalue weighted by Crippen LogP contribution is 2.28. The van der Waals surface area contributed by atoms with E-state index in [4.69, 9.17) is 10.5 Å². The summed E-state index contributed by atoms with van der Waals surface area (Å²) in [6, 6.07) is 17.0. The first-order valence-electron chi connectivity index (χ1n) is 7.53. The Morgan fingerprint density at radius 3 is 2.76 bits per heavy atom. The molecule has 1 unspecified atom stereocenters. The van der Waals surface area contributed by atoms with Gasteiger partial charge in [-0.2, -0.15) is 0 Å². The quantitative estimate of drug-likeness (QED) is 0.940. The van der Waals surface area contributed by atoms with Crippen LogP contribution >= 0.6 is 0 Å². The van der Waals surface area contributed by atoms with Crippen LogP contribution in [0.2, 0.25) is 0 Å². The number of ether oxygens (including phenoxy) is 1. The highest BCUT2D eigenvalue weighted by atomic mass is 16.5. The second-order valence-electron chi connectivity index (χ2n) is 5.69. The van der Waals surface area contributed by atoms with E-state index in [2.05, 4.69) is 48.2 Å². The fourth-order valence-electron chi connectivity index (χ4n) is 2.87. The third kappa shape index (κ3) is 3.19. The number of para-hydroxylation sites is 2. The summed E-state index contributed by atoms with van der Waals surface area (Å²) >= 11 is 0. The van der Waals surface area contributed by atoms with Crippen molar-refractivity contribution in [2.45, 2.75) is 25.9 Å². The van der Waals surface area contributed by atoms with Crippen molar-refractivity contribution in [2.24, 2.45) is 5.73 Å². The Balaban J connectivity index is 1.91. The van der Waals surface area contributed by atoms with Gasteiger partial charge in [-0.15, -0.1) is 0 Å². The maximum Gasteiger partial charge on any atom is 0.124 e. The summed E-state index contributed by atoms with van der Waals surface area (Å²) in [7, 11) is 0. The fourth-order valence-corrected chi connectivity index (χ4v) is 2.87. The number of benzene rings is 2. The van der Waals surface area contributed by atoms with Gasteiger partial charge in [0.1, 0.15) is 12.4 Å². The first-order valence-corrected chi connectivity index (χ1v) is 7.53. The van der Waals surface area contributed by atoms with E-state index in [1.807, 2.05) is 12.1 Å². The molecule has 1 aliphatic heterocycles. The van der Waals surface area contributed by atoms with E-state index in [1.165, 1.54) is 16.8 Å². The summed E-state index contributed by atoms with van der Waals surface area (Å²) in [4.78, 5) is 2.39. The molecule has 2 N–H and O–H groups in total. The van der Waals surface area contributed by atoms with Gasteiger partial charge in [-0.1, -0.05) is 36.4 Å². The first-order chi connectivity index (χ1) is 10.2. The van der Waals surface area contributed by atoms with Gasteiger partial charge < -0.3 is 15.4 Å². The summed E-state index contributed by atoms with van der Waals surface area (Å²) in [6.45, 7) is 4.54. The van der Waals surface area contributed by atoms with Gasteiger partial charge in [-0.25, -0.2) is 0 Å². The van der Waals surface area contributed by atoms with E-state index in [0.29, 0.717) is 6.61 Å². The topological polar surface area (TPSA) is 38.5 Å². The third-order valence-electron chi connectivity index (χ3n) is 3.83. The molecular weight excluding hydrogens is 260 g/mol. The van der Waals surface area contributed by atoms with Gasteiger partial charge in [-0.3, -0.25) is 0 Å². The lowest BCUT2D eigenvalue weighted by atomic mass is 10.0. The Kier molecular flexibility index (Phi) is 4.11. The first kappa shape index (κ1) is 14.0. The molecule has 2 aromatic rings. The average molecular weight is 282 g/mol. The van der Waals surface area contributed by atoms with E-state index in [9.17, 15) is 0 Å². The van der Waals surface area contributed by atoms with Crippen LogP contribution in [0, 0.1) is 0 Å². The lowest BCUT2D eigenvalue weighted by Crippen LogP contribution is -2.27. The molecular formula is C18H22N2O. The van der Waals surface area contributed by atoms with Crippen LogP contribution in [0.5, 0.6) is 5.75 Å². The van der Waals surface area contributed by atoms with Crippen LogP contribution in [0.3, 0.4) is 0 Å². The number of hydrogen-bond acceptors (Lipinski definition) is 3. The molecule has 110 valence electrons. The van der Waals surface area contributed by atoms with Crippen LogP contribution in [0.1, 0.15) is 18.1 Å². The zero-order chi connectivity index (χ0) is 14.7. The number of nitrogens with zero attached hydrogens (tertiary/aromatic N) is 1. The lowest BCUT2D eigenvalue weighted by Gasteiger charge is -2.25. The molecule has 0 aromatic heterocycles. The minimum absolute atomic E-state index is 0.168. The zero-order valence-corrected chi connectivity index (χ0v) is 12.5. The number of nitrogens with two attached hydrogens (primary N) is 1. The van der Waals surface area contributed by atoms with Crippen molar-refractivity contribution in [3.05, 3.63) is 59.7 Å². The molecule has 0 spiro atoms. The number of hydrogen-bond donors (Lipinski definition) is 1. The van der Waals surface area contributed by atoms with Crippen molar-refractivity contribution >= 4 is 5.69 Å². The molecule has 0 aliphatic carbocycles. The molecule has 0 bridgehead atoms. The van der Waals surface area contributed by atoms with Crippen LogP contribution in [0.4, 0.5) is 5.69 Å². The highest BCUT2D eigenvalue weighted by Gasteiger charge is 2.17. The Hall–Kier alpha value is -2.00. The van der Waals surface area contributed by atoms with Crippen LogP contribution < -0.4 is 15.4 Å². The molecule has 1 atom stereocenters. The number of anilines is 1. The molecule has 1 aliphatic rings. The minimum Gasteiger partial charge on any atom is -0.491 e. The number of fused-ring (bicyclic) bond motifs is 1. The van der Waals surface area contributed by atoms with Crippen LogP contribution in [-0.2, 0) is 13.0 Å². The monoisotopic (exact) mass is 282 g/mol. The maximum atomic E-state index is 5.99. The van der Waals surface area contributed by atoms with Gasteiger partial charge in [0.05, 0.1) is 6.54 Å². The zero-order valence-electron chi connectivity index (χ0n) is 12.5. The molecule has 0 amide bonds. The summed E-state index contributed by atoms with van der Waals surface area (Å²) in [5, 5.41) is 0. The van der Waals surface area contributed by atoms with E-state index in [0.717, 1.165) is 25.3 Å². The second kappa shape index (κ2) is 6.19. The molecule has 2 aromatic carbocycles. The van der Waals surface area contributed by atoms with E-state index in [-0.39, 0.29) is 6.04 Å². The summed E-state index contributed by atoms with van der Waals surface area (Å²) in [5.41, 5.74) is 9.81. The average Bonchev–Trinajstić information content (AvgIpc) is 2.69. The molecule has 1 heterocycles. The van der Waals surface area contributed by atoms with E-state index in [1.54, 1.807) is 0 Å². The summed E-state index contributed by atoms with van der Waals surface area (Å²) in [6.07, 6.45) is 0.898. The van der Waals surface area contributed by atoms with Gasteiger partial charge in [-0.05, 0) is 31.0 Å². The molecule has 0 fully saturated rings. The standard InChI is InChI=1S/C18H22N2O/c1-14(19)12-15-6-2-4-8-17(15)20-10-11-21-18-9-5-3-7-16(18)13-20/h2-9,14H,10-13,19H2,1H3. The molecule has 21 heavy (non-hydrogen) atoms. The molecule has 0 radical (unpaired) electrons. The van der Waals surface area contributed by atoms with Crippen LogP contribution in [-0.4, -0.2) is 19.2 Å². The SMILES string of the molecule is CC(N)Cc1ccccc1N1CCOc2ccccc2C1. The van der Waals surface area contributed by atoms with Crippen molar-refractivity contribution in [1.82, 2.24) is 0 Å². The molecule has 3 rings (SSSR count). The molecule has 3 nitrogen and oxygen atoms in total. The third-order valence-corrected chi connectivity index (χ3v) is 3.83. The maximum absolute atomic E-state index is 5.99. The predicted octanol–water partition coefficient (Wildman–Crippen LogP) is 2.98. The Labute approximate surface area is 126 Å². The second-order valence-corrected chi connectivity index (χ2v) is 5.69. The molecule has 0 saturated carbocycles. The van der Waals surface area contributed by atoms with Gasteiger partial charge in [0.2, 0.25) is 0 Å². The van der Waals surface area contributed by atoms with E-state index < -0.39 is 0 Å². The van der Waals surface area contributed by atoms with Gasteiger partial charge in [0.25, 0.3) is 0 Å². The van der Waals surface area contributed by atoms with E-state index >= 15 is 0 Å². The normalized spacial score (nSPS) is 15.8. The van der Waals surface area contributed by atoms with Crippen molar-refractivity contribution < 1.29 is 4.74 Å². The predicted molar refractivity (Wildman–Crippen MR) is 86.8 cm³/mol. The highest BCUT2D eigenvalue weighted by molar-refractivity contribution is 5.55. The smallest absolute Gasteiger partial charge is 0.124 e. The van der Waals surface area contributed by atoms with Gasteiger partial charge in [0.15, 0.2) is 0 Å². The summed E-state index contributed by atoms with van der Waals surface area (Å²) in [5.74, 6) is 1.00. The molecule has 0 saturated heterocycles. The van der Waals surface area contributed by atoms with Crippen LogP contribution in [0.25, 0.3) is 0 Å². The van der Waals surface area contributed by atoms with Crippen molar-refractivity contribution in [1.29, 1.82) is 0 Å². The van der Waals surface area contributed by atoms with Crippen LogP contribution in [0.15, 0.2) is 48.5 Å². The minimum atomic E-state index is 0.168. The van der Waals surface area contributed by atoms with Crippen molar-refractivity contribution in [3.8, 4) is 5.75 Å². The van der Waals surface area contributed by atoms with Crippen molar-refractivity contribution in [2.75, 3.05) is 18.1 Å². The lowest BCUT2D eigenvalue weighted by molar-refractivity contribution is 0.331. The number of rotatable bonds is 3. The molecule has 3 heteroatoms. The van der Waals surface area contributed by atoms with Gasteiger partial charge >= 0.3 is 0 Å². The Morgan fingerprint density at radius 1 is 1.14 bits per heavy atom. The fraction of sp³-hybridized carbons (Fsp3) is 0.333. The summed E-state index contributed by atoms with van der Waals surface area (Å²) < 4.78 is 5.85. The van der Waals surface area contributed by atoms with Crippen molar-refractivity contribution in [3.63, 3.8) is 0 Å². The largest absolute Gasteiger partial charge is 0.491 e. The Morgan fingerprint density at radius 2 is 1.90 bits per heavy atom. The van der Waals surface area contributed by atoms with Gasteiger partial charge in [0, 0.05) is 23.8 Å².